The molecule has 168 valence electrons. The van der Waals surface area contributed by atoms with Gasteiger partial charge in [-0.05, 0) is 49.6 Å². The van der Waals surface area contributed by atoms with Crippen molar-refractivity contribution in [2.45, 2.75) is 19.9 Å². The van der Waals surface area contributed by atoms with E-state index in [2.05, 4.69) is 20.1 Å². The lowest BCUT2D eigenvalue weighted by Gasteiger charge is -2.36. The van der Waals surface area contributed by atoms with Crippen molar-refractivity contribution >= 4 is 41.2 Å². The van der Waals surface area contributed by atoms with Crippen LogP contribution in [0.1, 0.15) is 30.2 Å². The Balaban J connectivity index is 1.41. The van der Waals surface area contributed by atoms with Crippen LogP contribution in [0.4, 0.5) is 5.82 Å². The Morgan fingerprint density at radius 3 is 2.66 bits per heavy atom. The van der Waals surface area contributed by atoms with Gasteiger partial charge in [-0.1, -0.05) is 6.07 Å². The summed E-state index contributed by atoms with van der Waals surface area (Å²) in [5.41, 5.74) is 0.427. The second-order valence-electron chi connectivity index (χ2n) is 7.31. The zero-order valence-corrected chi connectivity index (χ0v) is 19.5. The third-order valence-electron chi connectivity index (χ3n) is 5.37. The number of hydrogen-bond donors (Lipinski definition) is 1. The molecule has 1 unspecified atom stereocenters. The number of nitrogens with one attached hydrogen (secondary N) is 1. The largest absolute Gasteiger partial charge is 0.462 e. The molecule has 11 heteroatoms. The average Bonchev–Trinajstić information content (AvgIpc) is 3.48. The highest BCUT2D eigenvalue weighted by molar-refractivity contribution is 7.71. The fraction of sp³-hybridized carbons (Fsp3) is 0.381. The van der Waals surface area contributed by atoms with Crippen LogP contribution in [0.2, 0.25) is 0 Å². The highest BCUT2D eigenvalue weighted by Crippen LogP contribution is 2.26. The van der Waals surface area contributed by atoms with E-state index < -0.39 is 6.04 Å². The van der Waals surface area contributed by atoms with Crippen LogP contribution in [0.15, 0.2) is 35.8 Å². The van der Waals surface area contributed by atoms with Crippen LogP contribution < -0.4 is 4.90 Å². The molecule has 0 aliphatic carbocycles. The van der Waals surface area contributed by atoms with Crippen LogP contribution in [0.5, 0.6) is 0 Å². The van der Waals surface area contributed by atoms with Crippen molar-refractivity contribution in [1.82, 2.24) is 24.6 Å². The molecular weight excluding hydrogens is 448 g/mol. The van der Waals surface area contributed by atoms with E-state index in [-0.39, 0.29) is 11.9 Å². The maximum absolute atomic E-state index is 13.2. The normalized spacial score (nSPS) is 14.9. The van der Waals surface area contributed by atoms with Gasteiger partial charge in [-0.2, -0.15) is 5.10 Å². The molecule has 9 nitrogen and oxygen atoms in total. The molecule has 0 saturated carbocycles. The molecule has 3 aromatic rings. The zero-order chi connectivity index (χ0) is 22.7. The van der Waals surface area contributed by atoms with E-state index >= 15 is 0 Å². The van der Waals surface area contributed by atoms with Gasteiger partial charge >= 0.3 is 5.97 Å². The first-order valence-electron chi connectivity index (χ1n) is 10.4. The maximum Gasteiger partial charge on any atom is 0.339 e. The number of amides is 1. The van der Waals surface area contributed by atoms with E-state index in [4.69, 9.17) is 17.0 Å². The third-order valence-corrected chi connectivity index (χ3v) is 6.52. The monoisotopic (exact) mass is 472 g/mol. The number of pyridine rings is 1. The summed E-state index contributed by atoms with van der Waals surface area (Å²) in [6.07, 6.45) is 1.53. The van der Waals surface area contributed by atoms with Crippen molar-refractivity contribution in [2.75, 3.05) is 37.7 Å². The van der Waals surface area contributed by atoms with E-state index in [0.717, 1.165) is 10.7 Å². The lowest BCUT2D eigenvalue weighted by atomic mass is 10.2. The smallest absolute Gasteiger partial charge is 0.339 e. The van der Waals surface area contributed by atoms with E-state index in [9.17, 15) is 9.59 Å². The van der Waals surface area contributed by atoms with Gasteiger partial charge in [0, 0.05) is 32.4 Å². The van der Waals surface area contributed by atoms with Crippen LogP contribution in [0.3, 0.4) is 0 Å². The van der Waals surface area contributed by atoms with Crippen molar-refractivity contribution in [3.63, 3.8) is 0 Å². The Kier molecular flexibility index (Phi) is 6.66. The summed E-state index contributed by atoms with van der Waals surface area (Å²) in [4.78, 5) is 34.3. The van der Waals surface area contributed by atoms with Crippen LogP contribution in [-0.2, 0) is 9.53 Å². The molecule has 1 aliphatic heterocycles. The number of aromatic amines is 1. The number of piperazine rings is 1. The molecule has 1 saturated heterocycles. The number of aromatic nitrogens is 4. The molecule has 0 spiro atoms. The van der Waals surface area contributed by atoms with E-state index in [0.29, 0.717) is 48.9 Å². The Morgan fingerprint density at radius 1 is 1.25 bits per heavy atom. The van der Waals surface area contributed by atoms with Crippen LogP contribution in [0, 0.1) is 4.77 Å². The number of anilines is 1. The fourth-order valence-corrected chi connectivity index (χ4v) is 4.68. The summed E-state index contributed by atoms with van der Waals surface area (Å²) in [6.45, 7) is 6.40. The topological polar surface area (TPSA) is 96.4 Å². The highest BCUT2D eigenvalue weighted by Gasteiger charge is 2.28. The second kappa shape index (κ2) is 9.61. The van der Waals surface area contributed by atoms with Crippen molar-refractivity contribution in [1.29, 1.82) is 0 Å². The minimum atomic E-state index is -0.466. The Morgan fingerprint density at radius 2 is 2.03 bits per heavy atom. The molecule has 1 amide bonds. The molecule has 1 fully saturated rings. The van der Waals surface area contributed by atoms with E-state index in [1.54, 1.807) is 28.9 Å². The summed E-state index contributed by atoms with van der Waals surface area (Å²) >= 11 is 6.96. The number of H-pyrrole nitrogens is 1. The first kappa shape index (κ1) is 22.2. The summed E-state index contributed by atoms with van der Waals surface area (Å²) in [5, 5.41) is 9.11. The first-order chi connectivity index (χ1) is 15.5. The van der Waals surface area contributed by atoms with E-state index in [1.165, 1.54) is 6.20 Å². The fourth-order valence-electron chi connectivity index (χ4n) is 3.68. The Hall–Kier alpha value is -3.05. The molecule has 4 heterocycles. The van der Waals surface area contributed by atoms with Gasteiger partial charge in [0.15, 0.2) is 10.6 Å². The van der Waals surface area contributed by atoms with Gasteiger partial charge in [0.2, 0.25) is 5.91 Å². The number of carbonyl (C=O) groups is 2. The molecule has 0 bridgehead atoms. The summed E-state index contributed by atoms with van der Waals surface area (Å²) in [7, 11) is 0. The summed E-state index contributed by atoms with van der Waals surface area (Å²) < 4.78 is 7.21. The Labute approximate surface area is 194 Å². The molecule has 4 rings (SSSR count). The van der Waals surface area contributed by atoms with Crippen LogP contribution >= 0.6 is 23.6 Å². The van der Waals surface area contributed by atoms with Gasteiger partial charge in [0.25, 0.3) is 0 Å². The van der Waals surface area contributed by atoms with Gasteiger partial charge < -0.3 is 14.5 Å². The van der Waals surface area contributed by atoms with Crippen molar-refractivity contribution in [3.8, 4) is 10.7 Å². The minimum Gasteiger partial charge on any atom is -0.462 e. The number of nitrogens with zero attached hydrogens (tertiary/aromatic N) is 5. The average molecular weight is 473 g/mol. The quantitative estimate of drug-likeness (QED) is 0.435. The second-order valence-corrected chi connectivity index (χ2v) is 8.65. The number of ether oxygens (including phenoxy) is 1. The number of carbonyl (C=O) groups excluding carboxylic acids is 2. The molecule has 0 aromatic carbocycles. The van der Waals surface area contributed by atoms with Crippen molar-refractivity contribution < 1.29 is 14.3 Å². The number of esters is 1. The standard InChI is InChI=1S/C21H24N6O3S2/c1-3-30-20(29)15-6-7-17(22-13-15)25-8-10-26(11-9-25)19(28)14(2)27-18(23-24-21(27)31)16-5-4-12-32-16/h4-7,12-14H,3,8-11H2,1-2H3,(H,24,31). The lowest BCUT2D eigenvalue weighted by Crippen LogP contribution is -2.50. The summed E-state index contributed by atoms with van der Waals surface area (Å²) in [5.74, 6) is 1.08. The molecule has 3 aromatic heterocycles. The predicted molar refractivity (Wildman–Crippen MR) is 124 cm³/mol. The van der Waals surface area contributed by atoms with Gasteiger partial charge in [0.1, 0.15) is 11.9 Å². The third kappa shape index (κ3) is 4.44. The molecule has 0 radical (unpaired) electrons. The maximum atomic E-state index is 13.2. The van der Waals surface area contributed by atoms with E-state index in [1.807, 2.05) is 35.4 Å². The molecule has 32 heavy (non-hydrogen) atoms. The SMILES string of the molecule is CCOC(=O)c1ccc(N2CCN(C(=O)C(C)n3c(-c4cccs4)n[nH]c3=S)CC2)nc1. The summed E-state index contributed by atoms with van der Waals surface area (Å²) in [6, 6.07) is 6.97. The van der Waals surface area contributed by atoms with Gasteiger partial charge in [-0.25, -0.2) is 9.78 Å². The number of rotatable bonds is 6. The predicted octanol–water partition coefficient (Wildman–Crippen LogP) is 3.15. The molecular formula is C21H24N6O3S2. The molecule has 1 N–H and O–H groups in total. The first-order valence-corrected chi connectivity index (χ1v) is 11.7. The highest BCUT2D eigenvalue weighted by atomic mass is 32.1. The number of hydrogen-bond acceptors (Lipinski definition) is 8. The van der Waals surface area contributed by atoms with Crippen molar-refractivity contribution in [2.24, 2.45) is 0 Å². The number of thiophene rings is 1. The van der Waals surface area contributed by atoms with Gasteiger partial charge in [0.05, 0.1) is 17.0 Å². The molecule has 1 atom stereocenters. The van der Waals surface area contributed by atoms with Crippen molar-refractivity contribution in [3.05, 3.63) is 46.2 Å². The van der Waals surface area contributed by atoms with Crippen LogP contribution in [-0.4, -0.2) is 69.3 Å². The zero-order valence-electron chi connectivity index (χ0n) is 17.9. The lowest BCUT2D eigenvalue weighted by molar-refractivity contribution is -0.134. The van der Waals surface area contributed by atoms with Gasteiger partial charge in [-0.3, -0.25) is 14.5 Å². The molecule has 1 aliphatic rings. The van der Waals surface area contributed by atoms with Gasteiger partial charge in [-0.15, -0.1) is 11.3 Å². The van der Waals surface area contributed by atoms with Crippen LogP contribution in [0.25, 0.3) is 10.7 Å². The minimum absolute atomic E-state index is 0.00516. The Bertz CT molecular complexity index is 1130.